The highest BCUT2D eigenvalue weighted by molar-refractivity contribution is 5.41. The van der Waals surface area contributed by atoms with Crippen molar-refractivity contribution in [2.24, 2.45) is 0 Å². The number of hydrogen-bond donors (Lipinski definition) is 3. The van der Waals surface area contributed by atoms with E-state index in [9.17, 15) is 9.59 Å². The van der Waals surface area contributed by atoms with Gasteiger partial charge in [0.1, 0.15) is 0 Å². The molecule has 7 nitrogen and oxygen atoms in total. The van der Waals surface area contributed by atoms with Crippen LogP contribution in [0.4, 0.5) is 11.5 Å². The zero-order valence-electron chi connectivity index (χ0n) is 11.2. The Balaban J connectivity index is 2.28. The van der Waals surface area contributed by atoms with Crippen LogP contribution in [0.25, 0.3) is 0 Å². The quantitative estimate of drug-likeness (QED) is 0.687. The van der Waals surface area contributed by atoms with E-state index in [0.29, 0.717) is 18.8 Å². The molecule has 1 aromatic heterocycles. The van der Waals surface area contributed by atoms with Crippen molar-refractivity contribution in [3.8, 4) is 0 Å². The van der Waals surface area contributed by atoms with Gasteiger partial charge in [-0.15, -0.1) is 5.10 Å². The molecule has 1 aromatic carbocycles. The van der Waals surface area contributed by atoms with E-state index < -0.39 is 11.2 Å². The molecule has 0 saturated carbocycles. The van der Waals surface area contributed by atoms with E-state index in [4.69, 9.17) is 5.73 Å². The standard InChI is InChI=1S/C13H17N5O2/c1-2-7-18(8-9-3-5-10(14)6-4-9)11-12(19)15-13(20)17-16-11/h3-6H,2,7-8,14H2,1H3,(H2,15,17,19,20). The number of anilines is 2. The van der Waals surface area contributed by atoms with Gasteiger partial charge in [0.2, 0.25) is 5.82 Å². The second-order valence-corrected chi connectivity index (χ2v) is 4.49. The van der Waals surface area contributed by atoms with Crippen LogP contribution < -0.4 is 21.9 Å². The lowest BCUT2D eigenvalue weighted by Gasteiger charge is -2.21. The first-order chi connectivity index (χ1) is 9.60. The van der Waals surface area contributed by atoms with Crippen molar-refractivity contribution < 1.29 is 0 Å². The van der Waals surface area contributed by atoms with Crippen LogP contribution in [0, 0.1) is 0 Å². The molecular formula is C13H17N5O2. The van der Waals surface area contributed by atoms with Gasteiger partial charge in [-0.25, -0.2) is 9.89 Å². The number of benzene rings is 1. The number of nitrogens with two attached hydrogens (primary N) is 1. The molecule has 0 fully saturated rings. The Morgan fingerprint density at radius 1 is 1.25 bits per heavy atom. The van der Waals surface area contributed by atoms with E-state index in [-0.39, 0.29) is 5.82 Å². The highest BCUT2D eigenvalue weighted by Crippen LogP contribution is 2.12. The second-order valence-electron chi connectivity index (χ2n) is 4.49. The molecule has 0 unspecified atom stereocenters. The molecule has 2 rings (SSSR count). The molecule has 0 radical (unpaired) electrons. The predicted molar refractivity (Wildman–Crippen MR) is 77.7 cm³/mol. The molecule has 0 aliphatic heterocycles. The van der Waals surface area contributed by atoms with Gasteiger partial charge >= 0.3 is 5.69 Å². The molecule has 0 aliphatic rings. The maximum atomic E-state index is 11.8. The van der Waals surface area contributed by atoms with Crippen LogP contribution in [0.5, 0.6) is 0 Å². The van der Waals surface area contributed by atoms with Crippen molar-refractivity contribution in [1.82, 2.24) is 15.2 Å². The van der Waals surface area contributed by atoms with Crippen molar-refractivity contribution in [2.75, 3.05) is 17.2 Å². The number of nitrogens with zero attached hydrogens (tertiary/aromatic N) is 2. The number of nitrogen functional groups attached to an aromatic ring is 1. The highest BCUT2D eigenvalue weighted by Gasteiger charge is 2.12. The monoisotopic (exact) mass is 275 g/mol. The normalized spacial score (nSPS) is 10.4. The molecule has 4 N–H and O–H groups in total. The average molecular weight is 275 g/mol. The lowest BCUT2D eigenvalue weighted by Crippen LogP contribution is -2.34. The molecule has 0 bridgehead atoms. The first-order valence-corrected chi connectivity index (χ1v) is 6.38. The van der Waals surface area contributed by atoms with Crippen molar-refractivity contribution in [2.45, 2.75) is 19.9 Å². The van der Waals surface area contributed by atoms with E-state index in [1.807, 2.05) is 36.1 Å². The molecule has 0 atom stereocenters. The van der Waals surface area contributed by atoms with Gasteiger partial charge in [-0.1, -0.05) is 19.1 Å². The zero-order valence-corrected chi connectivity index (χ0v) is 11.2. The Kier molecular flexibility index (Phi) is 4.19. The third kappa shape index (κ3) is 3.25. The van der Waals surface area contributed by atoms with Crippen molar-refractivity contribution in [3.63, 3.8) is 0 Å². The lowest BCUT2D eigenvalue weighted by atomic mass is 10.2. The molecule has 0 amide bonds. The summed E-state index contributed by atoms with van der Waals surface area (Å²) in [4.78, 5) is 26.8. The number of aromatic nitrogens is 3. The summed E-state index contributed by atoms with van der Waals surface area (Å²) < 4.78 is 0. The second kappa shape index (κ2) is 6.05. The molecule has 1 heterocycles. The Bertz CT molecular complexity index is 674. The van der Waals surface area contributed by atoms with Gasteiger partial charge in [-0.05, 0) is 24.1 Å². The van der Waals surface area contributed by atoms with E-state index in [0.717, 1.165) is 12.0 Å². The fourth-order valence-corrected chi connectivity index (χ4v) is 1.93. The molecule has 106 valence electrons. The highest BCUT2D eigenvalue weighted by atomic mass is 16.2. The summed E-state index contributed by atoms with van der Waals surface area (Å²) in [5.41, 5.74) is 6.25. The number of nitrogens with one attached hydrogen (secondary N) is 2. The van der Waals surface area contributed by atoms with Crippen LogP contribution in [0.15, 0.2) is 33.9 Å². The van der Waals surface area contributed by atoms with Gasteiger partial charge in [0.15, 0.2) is 0 Å². The summed E-state index contributed by atoms with van der Waals surface area (Å²) in [6.45, 7) is 3.19. The van der Waals surface area contributed by atoms with Crippen molar-refractivity contribution in [3.05, 3.63) is 50.7 Å². The summed E-state index contributed by atoms with van der Waals surface area (Å²) in [5.74, 6) is 0.211. The SMILES string of the molecule is CCCN(Cc1ccc(N)cc1)c1n[nH]c(=O)[nH]c1=O. The van der Waals surface area contributed by atoms with Gasteiger partial charge in [0, 0.05) is 18.8 Å². The van der Waals surface area contributed by atoms with Crippen LogP contribution in [0.2, 0.25) is 0 Å². The van der Waals surface area contributed by atoms with E-state index in [2.05, 4.69) is 15.2 Å². The molecular weight excluding hydrogens is 258 g/mol. The summed E-state index contributed by atoms with van der Waals surface area (Å²) in [7, 11) is 0. The predicted octanol–water partition coefficient (Wildman–Crippen LogP) is 0.457. The molecule has 2 aromatic rings. The minimum Gasteiger partial charge on any atom is -0.399 e. The van der Waals surface area contributed by atoms with Gasteiger partial charge in [0.05, 0.1) is 0 Å². The Morgan fingerprint density at radius 3 is 2.55 bits per heavy atom. The zero-order chi connectivity index (χ0) is 14.5. The fourth-order valence-electron chi connectivity index (χ4n) is 1.93. The maximum absolute atomic E-state index is 11.8. The Labute approximate surface area is 115 Å². The maximum Gasteiger partial charge on any atom is 0.342 e. The summed E-state index contributed by atoms with van der Waals surface area (Å²) in [6, 6.07) is 7.42. The van der Waals surface area contributed by atoms with Gasteiger partial charge in [0.25, 0.3) is 5.56 Å². The van der Waals surface area contributed by atoms with Crippen LogP contribution in [0.3, 0.4) is 0 Å². The van der Waals surface area contributed by atoms with E-state index in [1.54, 1.807) is 0 Å². The summed E-state index contributed by atoms with van der Waals surface area (Å²) in [5, 5.41) is 6.08. The Hall–Kier alpha value is -2.57. The first-order valence-electron chi connectivity index (χ1n) is 6.38. The molecule has 20 heavy (non-hydrogen) atoms. The summed E-state index contributed by atoms with van der Waals surface area (Å²) in [6.07, 6.45) is 0.856. The van der Waals surface area contributed by atoms with Crippen LogP contribution in [-0.4, -0.2) is 21.7 Å². The van der Waals surface area contributed by atoms with E-state index in [1.165, 1.54) is 0 Å². The van der Waals surface area contributed by atoms with E-state index >= 15 is 0 Å². The van der Waals surface area contributed by atoms with Crippen LogP contribution in [0.1, 0.15) is 18.9 Å². The van der Waals surface area contributed by atoms with Crippen LogP contribution in [-0.2, 0) is 6.54 Å². The first kappa shape index (κ1) is 13.9. The molecule has 7 heteroatoms. The average Bonchev–Trinajstić information content (AvgIpc) is 2.41. The molecule has 0 aliphatic carbocycles. The number of rotatable bonds is 5. The Morgan fingerprint density at radius 2 is 1.95 bits per heavy atom. The van der Waals surface area contributed by atoms with Crippen LogP contribution >= 0.6 is 0 Å². The van der Waals surface area contributed by atoms with Crippen molar-refractivity contribution in [1.29, 1.82) is 0 Å². The topological polar surface area (TPSA) is 108 Å². The summed E-state index contributed by atoms with van der Waals surface area (Å²) >= 11 is 0. The third-order valence-corrected chi connectivity index (χ3v) is 2.84. The minimum atomic E-state index is -0.609. The largest absolute Gasteiger partial charge is 0.399 e. The lowest BCUT2D eigenvalue weighted by molar-refractivity contribution is 0.725. The number of hydrogen-bond acceptors (Lipinski definition) is 5. The molecule has 0 saturated heterocycles. The molecule has 0 spiro atoms. The number of H-pyrrole nitrogens is 2. The van der Waals surface area contributed by atoms with Gasteiger partial charge < -0.3 is 10.6 Å². The number of aromatic amines is 2. The van der Waals surface area contributed by atoms with Crippen molar-refractivity contribution >= 4 is 11.5 Å². The fraction of sp³-hybridized carbons (Fsp3) is 0.308. The minimum absolute atomic E-state index is 0.211. The van der Waals surface area contributed by atoms with Gasteiger partial charge in [-0.2, -0.15) is 0 Å². The third-order valence-electron chi connectivity index (χ3n) is 2.84. The van der Waals surface area contributed by atoms with Gasteiger partial charge in [-0.3, -0.25) is 9.78 Å². The smallest absolute Gasteiger partial charge is 0.342 e.